The van der Waals surface area contributed by atoms with Crippen LogP contribution in [0.3, 0.4) is 0 Å². The Balaban J connectivity index is 1.57. The highest BCUT2D eigenvalue weighted by Gasteiger charge is 2.10. The van der Waals surface area contributed by atoms with E-state index >= 15 is 0 Å². The molecule has 3 rings (SSSR count). The van der Waals surface area contributed by atoms with Gasteiger partial charge in [-0.05, 0) is 56.3 Å². The summed E-state index contributed by atoms with van der Waals surface area (Å²) in [6.45, 7) is 3.96. The van der Waals surface area contributed by atoms with E-state index in [-0.39, 0.29) is 0 Å². The second kappa shape index (κ2) is 9.22. The molecule has 0 radical (unpaired) electrons. The Kier molecular flexibility index (Phi) is 6.46. The molecule has 138 valence electrons. The van der Waals surface area contributed by atoms with Crippen molar-refractivity contribution in [3.63, 3.8) is 0 Å². The highest BCUT2D eigenvalue weighted by Crippen LogP contribution is 2.26. The number of nitrogens with zero attached hydrogens (tertiary/aromatic N) is 1. The zero-order valence-corrected chi connectivity index (χ0v) is 14.7. The molecule has 2 aromatic rings. The van der Waals surface area contributed by atoms with Crippen molar-refractivity contribution in [2.75, 3.05) is 26.2 Å². The van der Waals surface area contributed by atoms with Crippen molar-refractivity contribution in [1.29, 1.82) is 0 Å². The zero-order valence-electron chi connectivity index (χ0n) is 14.7. The van der Waals surface area contributed by atoms with Crippen LogP contribution in [-0.4, -0.2) is 42.3 Å². The maximum absolute atomic E-state index is 11.0. The van der Waals surface area contributed by atoms with Gasteiger partial charge in [0, 0.05) is 18.2 Å². The van der Waals surface area contributed by atoms with Crippen LogP contribution >= 0.6 is 0 Å². The lowest BCUT2D eigenvalue weighted by Gasteiger charge is -2.26. The monoisotopic (exact) mass is 356 g/mol. The van der Waals surface area contributed by atoms with Gasteiger partial charge in [-0.15, -0.1) is 0 Å². The summed E-state index contributed by atoms with van der Waals surface area (Å²) in [7, 11) is 0. The Morgan fingerprint density at radius 1 is 1.23 bits per heavy atom. The summed E-state index contributed by atoms with van der Waals surface area (Å²) < 4.78 is 11.6. The first kappa shape index (κ1) is 18.2. The molecule has 0 unspecified atom stereocenters. The molecule has 1 fully saturated rings. The van der Waals surface area contributed by atoms with Crippen LogP contribution in [-0.2, 0) is 4.79 Å². The minimum absolute atomic E-state index is 0.528. The van der Waals surface area contributed by atoms with Crippen molar-refractivity contribution in [1.82, 2.24) is 10.4 Å². The molecule has 1 saturated heterocycles. The largest absolute Gasteiger partial charge is 0.492 e. The average Bonchev–Trinajstić information content (AvgIpc) is 3.16. The molecule has 1 aromatic heterocycles. The third kappa shape index (κ3) is 5.21. The number of hydrogen-bond donors (Lipinski definition) is 2. The molecular weight excluding hydrogens is 332 g/mol. The fourth-order valence-corrected chi connectivity index (χ4v) is 3.01. The van der Waals surface area contributed by atoms with Crippen LogP contribution in [0.25, 0.3) is 17.4 Å². The van der Waals surface area contributed by atoms with Crippen LogP contribution < -0.4 is 10.2 Å². The Morgan fingerprint density at radius 2 is 2.08 bits per heavy atom. The van der Waals surface area contributed by atoms with Crippen molar-refractivity contribution in [2.24, 2.45) is 0 Å². The number of hydroxylamine groups is 1. The van der Waals surface area contributed by atoms with Crippen molar-refractivity contribution >= 4 is 12.0 Å². The number of carbonyl (C=O) groups excluding carboxylic acids is 1. The number of amides is 1. The van der Waals surface area contributed by atoms with Crippen molar-refractivity contribution < 1.29 is 19.2 Å². The van der Waals surface area contributed by atoms with Gasteiger partial charge in [-0.2, -0.15) is 0 Å². The number of rotatable bonds is 7. The number of piperidine rings is 1. The number of hydrogen-bond acceptors (Lipinski definition) is 5. The molecule has 2 N–H and O–H groups in total. The van der Waals surface area contributed by atoms with Crippen molar-refractivity contribution in [2.45, 2.75) is 19.3 Å². The lowest BCUT2D eigenvalue weighted by molar-refractivity contribution is -0.124. The molecule has 1 aliphatic heterocycles. The summed E-state index contributed by atoms with van der Waals surface area (Å²) in [5.41, 5.74) is 2.45. The predicted molar refractivity (Wildman–Crippen MR) is 98.9 cm³/mol. The van der Waals surface area contributed by atoms with Gasteiger partial charge >= 0.3 is 0 Å². The van der Waals surface area contributed by atoms with Gasteiger partial charge < -0.3 is 9.15 Å². The lowest BCUT2D eigenvalue weighted by Crippen LogP contribution is -2.33. The SMILES string of the molecule is O=C(C=Cc1ccc(-c2cccc(OCCN3CCCCC3)c2)o1)NO. The maximum atomic E-state index is 11.0. The van der Waals surface area contributed by atoms with Crippen LogP contribution in [0.5, 0.6) is 5.75 Å². The van der Waals surface area contributed by atoms with E-state index in [1.54, 1.807) is 6.07 Å². The van der Waals surface area contributed by atoms with Gasteiger partial charge in [-0.1, -0.05) is 18.6 Å². The minimum Gasteiger partial charge on any atom is -0.492 e. The number of furan rings is 1. The van der Waals surface area contributed by atoms with Crippen LogP contribution in [0.2, 0.25) is 0 Å². The van der Waals surface area contributed by atoms with Gasteiger partial charge in [-0.25, -0.2) is 5.48 Å². The highest BCUT2D eigenvalue weighted by atomic mass is 16.5. The number of carbonyl (C=O) groups is 1. The quantitative estimate of drug-likeness (QED) is 0.452. The predicted octanol–water partition coefficient (Wildman–Crippen LogP) is 3.33. The topological polar surface area (TPSA) is 74.9 Å². The molecular formula is C20H24N2O4. The van der Waals surface area contributed by atoms with E-state index in [4.69, 9.17) is 14.4 Å². The standard InChI is InChI=1S/C20H24N2O4/c23-20(21-24)10-8-17-7-9-19(26-17)16-5-4-6-18(15-16)25-14-13-22-11-2-1-3-12-22/h4-10,15,24H,1-3,11-14H2,(H,21,23). The van der Waals surface area contributed by atoms with E-state index in [2.05, 4.69) is 4.90 Å². The Morgan fingerprint density at radius 3 is 2.88 bits per heavy atom. The van der Waals surface area contributed by atoms with Crippen LogP contribution in [0.1, 0.15) is 25.0 Å². The van der Waals surface area contributed by atoms with Gasteiger partial charge in [0.2, 0.25) is 0 Å². The highest BCUT2D eigenvalue weighted by molar-refractivity contribution is 5.90. The third-order valence-corrected chi connectivity index (χ3v) is 4.38. The smallest absolute Gasteiger partial charge is 0.267 e. The van der Waals surface area contributed by atoms with Gasteiger partial charge in [0.05, 0.1) is 0 Å². The lowest BCUT2D eigenvalue weighted by atomic mass is 10.1. The Hall–Kier alpha value is -2.57. The third-order valence-electron chi connectivity index (χ3n) is 4.38. The number of nitrogens with one attached hydrogen (secondary N) is 1. The molecule has 6 heteroatoms. The van der Waals surface area contributed by atoms with Crippen molar-refractivity contribution in [3.05, 3.63) is 48.2 Å². The molecule has 0 spiro atoms. The molecule has 2 heterocycles. The molecule has 1 aliphatic rings. The zero-order chi connectivity index (χ0) is 18.2. The number of ether oxygens (including phenoxy) is 1. The van der Waals surface area contributed by atoms with Crippen LogP contribution in [0.4, 0.5) is 0 Å². The number of benzene rings is 1. The molecule has 26 heavy (non-hydrogen) atoms. The molecule has 0 saturated carbocycles. The van der Waals surface area contributed by atoms with E-state index < -0.39 is 5.91 Å². The summed E-state index contributed by atoms with van der Waals surface area (Å²) in [4.78, 5) is 13.5. The second-order valence-electron chi connectivity index (χ2n) is 6.29. The minimum atomic E-state index is -0.605. The van der Waals surface area contributed by atoms with Crippen LogP contribution in [0.15, 0.2) is 46.9 Å². The normalized spacial score (nSPS) is 15.3. The molecule has 6 nitrogen and oxygen atoms in total. The first-order valence-corrected chi connectivity index (χ1v) is 8.92. The fourth-order valence-electron chi connectivity index (χ4n) is 3.01. The Bertz CT molecular complexity index is 748. The summed E-state index contributed by atoms with van der Waals surface area (Å²) in [6.07, 6.45) is 6.59. The molecule has 1 aromatic carbocycles. The van der Waals surface area contributed by atoms with E-state index in [0.29, 0.717) is 18.1 Å². The summed E-state index contributed by atoms with van der Waals surface area (Å²) in [5, 5.41) is 8.48. The fraction of sp³-hybridized carbons (Fsp3) is 0.350. The first-order valence-electron chi connectivity index (χ1n) is 8.92. The summed E-state index contributed by atoms with van der Waals surface area (Å²) >= 11 is 0. The second-order valence-corrected chi connectivity index (χ2v) is 6.29. The summed E-state index contributed by atoms with van der Waals surface area (Å²) in [6, 6.07) is 11.4. The van der Waals surface area contributed by atoms with E-state index in [9.17, 15) is 4.79 Å². The average molecular weight is 356 g/mol. The van der Waals surface area contributed by atoms with Crippen LogP contribution in [0, 0.1) is 0 Å². The first-order chi connectivity index (χ1) is 12.7. The molecule has 0 atom stereocenters. The van der Waals surface area contributed by atoms with Gasteiger partial charge in [0.15, 0.2) is 0 Å². The van der Waals surface area contributed by atoms with Crippen molar-refractivity contribution in [3.8, 4) is 17.1 Å². The Labute approximate surface area is 153 Å². The molecule has 0 bridgehead atoms. The van der Waals surface area contributed by atoms with Gasteiger partial charge in [0.25, 0.3) is 5.91 Å². The number of likely N-dealkylation sites (tertiary alicyclic amines) is 1. The summed E-state index contributed by atoms with van der Waals surface area (Å²) in [5.74, 6) is 1.43. The van der Waals surface area contributed by atoms with E-state index in [0.717, 1.165) is 17.9 Å². The van der Waals surface area contributed by atoms with E-state index in [1.807, 2.05) is 30.3 Å². The van der Waals surface area contributed by atoms with Gasteiger partial charge in [0.1, 0.15) is 23.9 Å². The molecule has 0 aliphatic carbocycles. The van der Waals surface area contributed by atoms with E-state index in [1.165, 1.54) is 50.0 Å². The van der Waals surface area contributed by atoms with Gasteiger partial charge in [-0.3, -0.25) is 14.9 Å². The maximum Gasteiger partial charge on any atom is 0.267 e. The molecule has 1 amide bonds.